The first kappa shape index (κ1) is 21.1. The quantitative estimate of drug-likeness (QED) is 0.486. The molecule has 0 saturated carbocycles. The average molecular weight is 453 g/mol. The Bertz CT molecular complexity index is 1160. The summed E-state index contributed by atoms with van der Waals surface area (Å²) in [6.07, 6.45) is 4.10. The molecule has 1 aromatic carbocycles. The third-order valence-corrected chi connectivity index (χ3v) is 6.87. The zero-order chi connectivity index (χ0) is 21.8. The van der Waals surface area contributed by atoms with Gasteiger partial charge in [-0.3, -0.25) is 14.7 Å². The third kappa shape index (κ3) is 4.95. The van der Waals surface area contributed by atoms with Crippen LogP contribution in [0.3, 0.4) is 0 Å². The highest BCUT2D eigenvalue weighted by atomic mass is 32.2. The van der Waals surface area contributed by atoms with Gasteiger partial charge in [0.15, 0.2) is 5.82 Å². The van der Waals surface area contributed by atoms with Crippen molar-refractivity contribution in [3.63, 3.8) is 0 Å². The van der Waals surface area contributed by atoms with Crippen LogP contribution in [-0.2, 0) is 22.4 Å². The Labute approximate surface area is 187 Å². The van der Waals surface area contributed by atoms with Crippen LogP contribution in [-0.4, -0.2) is 32.7 Å². The van der Waals surface area contributed by atoms with E-state index in [-0.39, 0.29) is 17.6 Å². The second kappa shape index (κ2) is 9.32. The van der Waals surface area contributed by atoms with E-state index in [4.69, 9.17) is 0 Å². The molecule has 3 N–H and O–H groups in total. The van der Waals surface area contributed by atoms with E-state index in [1.54, 1.807) is 12.1 Å². The molecule has 0 unspecified atom stereocenters. The summed E-state index contributed by atoms with van der Waals surface area (Å²) in [6.45, 7) is 1.46. The molecule has 158 valence electrons. The van der Waals surface area contributed by atoms with Crippen molar-refractivity contribution < 1.29 is 9.59 Å². The Morgan fingerprint density at radius 1 is 1.23 bits per heavy atom. The number of anilines is 2. The minimum Gasteiger partial charge on any atom is -0.326 e. The molecule has 2 aromatic heterocycles. The Hall–Kier alpha value is -3.16. The van der Waals surface area contributed by atoms with Gasteiger partial charge in [-0.1, -0.05) is 11.8 Å². The number of thiophene rings is 1. The standard InChI is InChI=1S/C21H20N6O2S2/c1-12(28)23-14-8-6-13(7-9-14)19-25-21(27-26-19)30-11-18(29)24-20-16(10-22)15-4-2-3-5-17(15)31-20/h6-9H,2-5,11H2,1H3,(H,23,28)(H,24,29)(H,25,26,27). The second-order valence-corrected chi connectivity index (χ2v) is 9.14. The van der Waals surface area contributed by atoms with Crippen molar-refractivity contribution in [1.29, 1.82) is 5.26 Å². The number of hydrogen-bond donors (Lipinski definition) is 3. The zero-order valence-corrected chi connectivity index (χ0v) is 18.5. The van der Waals surface area contributed by atoms with Crippen molar-refractivity contribution in [2.24, 2.45) is 0 Å². The van der Waals surface area contributed by atoms with Crippen LogP contribution >= 0.6 is 23.1 Å². The molecular weight excluding hydrogens is 432 g/mol. The molecule has 0 fully saturated rings. The number of nitrogens with zero attached hydrogens (tertiary/aromatic N) is 3. The molecular formula is C21H20N6O2S2. The van der Waals surface area contributed by atoms with Gasteiger partial charge < -0.3 is 10.6 Å². The number of aryl methyl sites for hydroxylation is 1. The first-order chi connectivity index (χ1) is 15.0. The van der Waals surface area contributed by atoms with Gasteiger partial charge in [0, 0.05) is 23.1 Å². The number of benzene rings is 1. The number of nitriles is 1. The van der Waals surface area contributed by atoms with Crippen molar-refractivity contribution in [2.75, 3.05) is 16.4 Å². The number of aromatic amines is 1. The normalized spacial score (nSPS) is 12.6. The van der Waals surface area contributed by atoms with Crippen LogP contribution in [0.15, 0.2) is 29.4 Å². The van der Waals surface area contributed by atoms with Crippen LogP contribution in [0.2, 0.25) is 0 Å². The van der Waals surface area contributed by atoms with Crippen LogP contribution in [0.1, 0.15) is 35.8 Å². The lowest BCUT2D eigenvalue weighted by molar-refractivity contribution is -0.114. The number of rotatable bonds is 6. The molecule has 0 bridgehead atoms. The molecule has 4 rings (SSSR count). The molecule has 1 aliphatic rings. The van der Waals surface area contributed by atoms with Crippen LogP contribution in [0.5, 0.6) is 0 Å². The number of aromatic nitrogens is 3. The minimum atomic E-state index is -0.189. The Morgan fingerprint density at radius 2 is 2.00 bits per heavy atom. The third-order valence-electron chi connectivity index (χ3n) is 4.81. The number of nitrogens with one attached hydrogen (secondary N) is 3. The van der Waals surface area contributed by atoms with E-state index in [1.807, 2.05) is 12.1 Å². The molecule has 0 spiro atoms. The van der Waals surface area contributed by atoms with Crippen LogP contribution in [0, 0.1) is 11.3 Å². The lowest BCUT2D eigenvalue weighted by atomic mass is 9.96. The van der Waals surface area contributed by atoms with Crippen molar-refractivity contribution in [3.05, 3.63) is 40.3 Å². The zero-order valence-electron chi connectivity index (χ0n) is 16.8. The van der Waals surface area contributed by atoms with E-state index >= 15 is 0 Å². The van der Waals surface area contributed by atoms with E-state index in [9.17, 15) is 14.9 Å². The summed E-state index contributed by atoms with van der Waals surface area (Å²) in [4.78, 5) is 29.2. The first-order valence-corrected chi connectivity index (χ1v) is 11.6. The highest BCUT2D eigenvalue weighted by Gasteiger charge is 2.22. The predicted molar refractivity (Wildman–Crippen MR) is 121 cm³/mol. The first-order valence-electron chi connectivity index (χ1n) is 9.81. The van der Waals surface area contributed by atoms with E-state index in [0.29, 0.717) is 27.2 Å². The van der Waals surface area contributed by atoms with Gasteiger partial charge in [-0.15, -0.1) is 16.4 Å². The summed E-state index contributed by atoms with van der Waals surface area (Å²) in [5.41, 5.74) is 3.24. The minimum absolute atomic E-state index is 0.131. The predicted octanol–water partition coefficient (Wildman–Crippen LogP) is 3.97. The largest absolute Gasteiger partial charge is 0.326 e. The summed E-state index contributed by atoms with van der Waals surface area (Å²) < 4.78 is 0. The number of thioether (sulfide) groups is 1. The fourth-order valence-electron chi connectivity index (χ4n) is 3.42. The van der Waals surface area contributed by atoms with Crippen molar-refractivity contribution in [3.8, 4) is 17.5 Å². The SMILES string of the molecule is CC(=O)Nc1ccc(-c2nc(SCC(=O)Nc3sc4c(c3C#N)CCCC4)n[nH]2)cc1. The Kier molecular flexibility index (Phi) is 6.34. The fraction of sp³-hybridized carbons (Fsp3) is 0.286. The summed E-state index contributed by atoms with van der Waals surface area (Å²) in [6, 6.07) is 9.48. The summed E-state index contributed by atoms with van der Waals surface area (Å²) in [5, 5.41) is 23.2. The van der Waals surface area contributed by atoms with E-state index in [0.717, 1.165) is 36.8 Å². The molecule has 2 heterocycles. The maximum Gasteiger partial charge on any atom is 0.235 e. The molecule has 2 amide bonds. The number of carbonyl (C=O) groups is 2. The Balaban J connectivity index is 1.36. The molecule has 3 aromatic rings. The molecule has 10 heteroatoms. The molecule has 0 radical (unpaired) electrons. The highest BCUT2D eigenvalue weighted by Crippen LogP contribution is 2.37. The summed E-state index contributed by atoms with van der Waals surface area (Å²) in [7, 11) is 0. The van der Waals surface area contributed by atoms with Crippen molar-refractivity contribution in [2.45, 2.75) is 37.8 Å². The highest BCUT2D eigenvalue weighted by molar-refractivity contribution is 7.99. The average Bonchev–Trinajstić information content (AvgIpc) is 3.36. The number of fused-ring (bicyclic) bond motifs is 1. The maximum absolute atomic E-state index is 12.4. The number of carbonyl (C=O) groups excluding carboxylic acids is 2. The summed E-state index contributed by atoms with van der Waals surface area (Å²) in [5.74, 6) is 0.404. The van der Waals surface area contributed by atoms with E-state index in [1.165, 1.54) is 34.9 Å². The second-order valence-electron chi connectivity index (χ2n) is 7.09. The lowest BCUT2D eigenvalue weighted by Gasteiger charge is -2.09. The van der Waals surface area contributed by atoms with Crippen LogP contribution in [0.4, 0.5) is 10.7 Å². The molecule has 31 heavy (non-hydrogen) atoms. The summed E-state index contributed by atoms with van der Waals surface area (Å²) >= 11 is 2.74. The van der Waals surface area contributed by atoms with Gasteiger partial charge in [0.1, 0.15) is 11.1 Å². The maximum atomic E-state index is 12.4. The molecule has 1 aliphatic carbocycles. The van der Waals surface area contributed by atoms with Gasteiger partial charge in [-0.25, -0.2) is 4.98 Å². The molecule has 0 aliphatic heterocycles. The molecule has 0 saturated heterocycles. The topological polar surface area (TPSA) is 124 Å². The monoisotopic (exact) mass is 452 g/mol. The Morgan fingerprint density at radius 3 is 2.74 bits per heavy atom. The van der Waals surface area contributed by atoms with Crippen molar-refractivity contribution in [1.82, 2.24) is 15.2 Å². The van der Waals surface area contributed by atoms with E-state index in [2.05, 4.69) is 31.9 Å². The van der Waals surface area contributed by atoms with Gasteiger partial charge in [-0.2, -0.15) is 5.26 Å². The van der Waals surface area contributed by atoms with Gasteiger partial charge in [-0.05, 0) is 55.5 Å². The van der Waals surface area contributed by atoms with Crippen molar-refractivity contribution >= 4 is 45.6 Å². The van der Waals surface area contributed by atoms with Gasteiger partial charge >= 0.3 is 0 Å². The molecule has 0 atom stereocenters. The van der Waals surface area contributed by atoms with Crippen LogP contribution in [0.25, 0.3) is 11.4 Å². The van der Waals surface area contributed by atoms with Gasteiger partial charge in [0.25, 0.3) is 0 Å². The molecule has 8 nitrogen and oxygen atoms in total. The number of hydrogen-bond acceptors (Lipinski definition) is 7. The number of H-pyrrole nitrogens is 1. The lowest BCUT2D eigenvalue weighted by Crippen LogP contribution is -2.14. The smallest absolute Gasteiger partial charge is 0.235 e. The fourth-order valence-corrected chi connectivity index (χ4v) is 5.27. The van der Waals surface area contributed by atoms with Gasteiger partial charge in [0.05, 0.1) is 11.3 Å². The number of amides is 2. The van der Waals surface area contributed by atoms with Gasteiger partial charge in [0.2, 0.25) is 17.0 Å². The van der Waals surface area contributed by atoms with Crippen LogP contribution < -0.4 is 10.6 Å². The van der Waals surface area contributed by atoms with E-state index < -0.39 is 0 Å².